The summed E-state index contributed by atoms with van der Waals surface area (Å²) in [5.41, 5.74) is -0.211. The van der Waals surface area contributed by atoms with Gasteiger partial charge in [0.05, 0.1) is 12.0 Å². The molecule has 38 heavy (non-hydrogen) atoms. The Morgan fingerprint density at radius 2 is 0.737 bits per heavy atom. The molecule has 0 aromatic rings. The van der Waals surface area contributed by atoms with Gasteiger partial charge in [0.25, 0.3) is 11.9 Å². The lowest BCUT2D eigenvalue weighted by Gasteiger charge is -2.32. The number of esters is 1. The molecule has 0 rings (SSSR count). The predicted molar refractivity (Wildman–Crippen MR) is 160 cm³/mol. The summed E-state index contributed by atoms with van der Waals surface area (Å²) in [5, 5.41) is 14.8. The molecule has 0 spiro atoms. The van der Waals surface area contributed by atoms with Crippen molar-refractivity contribution in [1.29, 1.82) is 0 Å². The number of unbranched alkanes of at least 4 members (excludes halogenated alkanes) is 15. The highest BCUT2D eigenvalue weighted by Crippen LogP contribution is 2.39. The van der Waals surface area contributed by atoms with Crippen molar-refractivity contribution in [3.63, 3.8) is 0 Å². The molecule has 0 aliphatic carbocycles. The van der Waals surface area contributed by atoms with Crippen molar-refractivity contribution in [2.45, 2.75) is 176 Å². The number of ether oxygens (including phenoxy) is 1. The Morgan fingerprint density at radius 3 is 1.00 bits per heavy atom. The molecule has 6 heteroatoms. The SMILES string of the molecule is CC(=O)O.CC(=O)O.CCCCCCCCCCCCC(CCCCCC)(CCCCCC)C(=O)OCC. The number of carboxylic acid groups (broad SMARTS) is 2. The Hall–Kier alpha value is -1.59. The zero-order valence-electron chi connectivity index (χ0n) is 26.1. The highest BCUT2D eigenvalue weighted by Gasteiger charge is 2.38. The topological polar surface area (TPSA) is 101 Å². The largest absolute Gasteiger partial charge is 0.481 e. The molecular weight excluding hydrogens is 480 g/mol. The Kier molecular flexibility index (Phi) is 34.0. The lowest BCUT2D eigenvalue weighted by atomic mass is 9.74. The highest BCUT2D eigenvalue weighted by molar-refractivity contribution is 5.76. The van der Waals surface area contributed by atoms with Crippen molar-refractivity contribution in [3.05, 3.63) is 0 Å². The van der Waals surface area contributed by atoms with Crippen molar-refractivity contribution >= 4 is 17.9 Å². The molecule has 0 atom stereocenters. The summed E-state index contributed by atoms with van der Waals surface area (Å²) in [6, 6.07) is 0. The first kappa shape index (κ1) is 40.9. The molecule has 0 saturated carbocycles. The van der Waals surface area contributed by atoms with E-state index >= 15 is 0 Å². The van der Waals surface area contributed by atoms with E-state index in [1.807, 2.05) is 6.92 Å². The van der Waals surface area contributed by atoms with E-state index in [-0.39, 0.29) is 11.4 Å². The lowest BCUT2D eigenvalue weighted by Crippen LogP contribution is -2.33. The second-order valence-corrected chi connectivity index (χ2v) is 10.6. The van der Waals surface area contributed by atoms with Crippen LogP contribution in [0.15, 0.2) is 0 Å². The predicted octanol–water partition coefficient (Wildman–Crippen LogP) is 9.97. The third kappa shape index (κ3) is 32.4. The summed E-state index contributed by atoms with van der Waals surface area (Å²) in [5.74, 6) is -1.56. The van der Waals surface area contributed by atoms with Gasteiger partial charge in [0, 0.05) is 13.8 Å². The van der Waals surface area contributed by atoms with Crippen LogP contribution in [0.25, 0.3) is 0 Å². The van der Waals surface area contributed by atoms with E-state index in [1.165, 1.54) is 116 Å². The van der Waals surface area contributed by atoms with Crippen LogP contribution in [0, 0.1) is 5.41 Å². The average molecular weight is 545 g/mol. The Morgan fingerprint density at radius 1 is 0.500 bits per heavy atom. The minimum absolute atomic E-state index is 0.105. The molecule has 0 aromatic heterocycles. The molecular formula is C32H64O6. The van der Waals surface area contributed by atoms with Crippen LogP contribution in [-0.4, -0.2) is 34.7 Å². The van der Waals surface area contributed by atoms with Crippen LogP contribution in [-0.2, 0) is 19.1 Å². The van der Waals surface area contributed by atoms with Gasteiger partial charge in [-0.1, -0.05) is 136 Å². The smallest absolute Gasteiger partial charge is 0.312 e. The van der Waals surface area contributed by atoms with Crippen molar-refractivity contribution in [3.8, 4) is 0 Å². The van der Waals surface area contributed by atoms with Crippen LogP contribution < -0.4 is 0 Å². The molecule has 2 N–H and O–H groups in total. The van der Waals surface area contributed by atoms with Crippen LogP contribution in [0.5, 0.6) is 0 Å². The molecule has 0 fully saturated rings. The minimum atomic E-state index is -0.833. The van der Waals surface area contributed by atoms with Gasteiger partial charge in [-0.05, 0) is 26.2 Å². The number of rotatable bonds is 23. The average Bonchev–Trinajstić information content (AvgIpc) is 2.84. The maximum atomic E-state index is 13.1. The normalized spacial score (nSPS) is 10.6. The van der Waals surface area contributed by atoms with E-state index in [0.717, 1.165) is 33.1 Å². The van der Waals surface area contributed by atoms with Gasteiger partial charge in [-0.3, -0.25) is 14.4 Å². The van der Waals surface area contributed by atoms with Crippen molar-refractivity contribution < 1.29 is 29.3 Å². The van der Waals surface area contributed by atoms with Gasteiger partial charge in [-0.25, -0.2) is 0 Å². The monoisotopic (exact) mass is 544 g/mol. The number of aliphatic carboxylic acids is 2. The summed E-state index contributed by atoms with van der Waals surface area (Å²) in [7, 11) is 0. The number of carbonyl (C=O) groups is 3. The molecule has 0 bridgehead atoms. The van der Waals surface area contributed by atoms with Crippen LogP contribution in [0.2, 0.25) is 0 Å². The second-order valence-electron chi connectivity index (χ2n) is 10.6. The summed E-state index contributed by atoms with van der Waals surface area (Å²) in [6.07, 6.45) is 26.6. The van der Waals surface area contributed by atoms with Gasteiger partial charge < -0.3 is 14.9 Å². The van der Waals surface area contributed by atoms with E-state index in [9.17, 15) is 4.79 Å². The quantitative estimate of drug-likeness (QED) is 0.0980. The molecule has 0 heterocycles. The summed E-state index contributed by atoms with van der Waals surface area (Å²) < 4.78 is 5.62. The number of hydrogen-bond donors (Lipinski definition) is 2. The van der Waals surface area contributed by atoms with Crippen molar-refractivity contribution in [1.82, 2.24) is 0 Å². The van der Waals surface area contributed by atoms with Crippen molar-refractivity contribution in [2.75, 3.05) is 6.61 Å². The van der Waals surface area contributed by atoms with E-state index in [4.69, 9.17) is 24.5 Å². The molecule has 0 unspecified atom stereocenters. The third-order valence-electron chi connectivity index (χ3n) is 6.74. The number of carboxylic acids is 2. The zero-order valence-corrected chi connectivity index (χ0v) is 26.1. The van der Waals surface area contributed by atoms with Gasteiger partial charge in [0.15, 0.2) is 0 Å². The van der Waals surface area contributed by atoms with Gasteiger partial charge in [0.1, 0.15) is 0 Å². The number of hydrogen-bond acceptors (Lipinski definition) is 4. The van der Waals surface area contributed by atoms with Gasteiger partial charge in [-0.15, -0.1) is 0 Å². The van der Waals surface area contributed by atoms with E-state index < -0.39 is 11.9 Å². The van der Waals surface area contributed by atoms with E-state index in [1.54, 1.807) is 0 Å². The highest BCUT2D eigenvalue weighted by atomic mass is 16.5. The van der Waals surface area contributed by atoms with E-state index in [2.05, 4.69) is 20.8 Å². The zero-order chi connectivity index (χ0) is 29.5. The molecule has 0 saturated heterocycles. The fraction of sp³-hybridized carbons (Fsp3) is 0.906. The Bertz CT molecular complexity index is 500. The second kappa shape index (κ2) is 31.6. The fourth-order valence-electron chi connectivity index (χ4n) is 4.70. The molecule has 228 valence electrons. The maximum absolute atomic E-state index is 13.1. The molecule has 0 radical (unpaired) electrons. The first-order chi connectivity index (χ1) is 18.1. The molecule has 0 aliphatic heterocycles. The molecule has 6 nitrogen and oxygen atoms in total. The van der Waals surface area contributed by atoms with Gasteiger partial charge >= 0.3 is 5.97 Å². The standard InChI is InChI=1S/C28H56O2.2C2H4O2/c1-5-9-12-15-16-17-18-19-20-23-26-28(27(29)30-8-4,24-21-13-10-6-2)25-22-14-11-7-3;2*1-2(3)4/h5-26H2,1-4H3;2*1H3,(H,3,4). The van der Waals surface area contributed by atoms with Crippen molar-refractivity contribution in [2.24, 2.45) is 5.41 Å². The first-order valence-electron chi connectivity index (χ1n) is 15.7. The Labute approximate surface area is 235 Å². The molecule has 0 aromatic carbocycles. The first-order valence-corrected chi connectivity index (χ1v) is 15.7. The summed E-state index contributed by atoms with van der Waals surface area (Å²) in [6.45, 7) is 11.4. The fourth-order valence-corrected chi connectivity index (χ4v) is 4.70. The van der Waals surface area contributed by atoms with Crippen LogP contribution in [0.3, 0.4) is 0 Å². The lowest BCUT2D eigenvalue weighted by molar-refractivity contribution is -0.157. The summed E-state index contributed by atoms with van der Waals surface area (Å²) >= 11 is 0. The van der Waals surface area contributed by atoms with E-state index in [0.29, 0.717) is 6.61 Å². The maximum Gasteiger partial charge on any atom is 0.312 e. The number of carbonyl (C=O) groups excluding carboxylic acids is 1. The van der Waals surface area contributed by atoms with Crippen LogP contribution >= 0.6 is 0 Å². The van der Waals surface area contributed by atoms with Gasteiger partial charge in [-0.2, -0.15) is 0 Å². The van der Waals surface area contributed by atoms with Crippen LogP contribution in [0.1, 0.15) is 176 Å². The molecule has 0 aliphatic rings. The molecule has 0 amide bonds. The Balaban J connectivity index is -0.00000133. The summed E-state index contributed by atoms with van der Waals surface area (Å²) in [4.78, 5) is 31.1. The third-order valence-corrected chi connectivity index (χ3v) is 6.74. The van der Waals surface area contributed by atoms with Crippen LogP contribution in [0.4, 0.5) is 0 Å². The van der Waals surface area contributed by atoms with Gasteiger partial charge in [0.2, 0.25) is 0 Å². The minimum Gasteiger partial charge on any atom is -0.481 e.